The van der Waals surface area contributed by atoms with Gasteiger partial charge in [-0.05, 0) is 49.9 Å². The summed E-state index contributed by atoms with van der Waals surface area (Å²) in [6, 6.07) is 6.54. The molecule has 0 bridgehead atoms. The Morgan fingerprint density at radius 1 is 1.19 bits per heavy atom. The van der Waals surface area contributed by atoms with Gasteiger partial charge in [0.25, 0.3) is 0 Å². The molecular weight excluding hydrogens is 331 g/mol. The van der Waals surface area contributed by atoms with Gasteiger partial charge in [-0.3, -0.25) is 9.69 Å². The molecule has 5 heteroatoms. The van der Waals surface area contributed by atoms with E-state index in [4.69, 9.17) is 5.11 Å². The third-order valence-electron chi connectivity index (χ3n) is 5.62. The minimum absolute atomic E-state index is 0.136. The van der Waals surface area contributed by atoms with E-state index in [2.05, 4.69) is 11.0 Å². The molecule has 2 heterocycles. The molecule has 0 aliphatic carbocycles. The molecule has 2 aliphatic rings. The Morgan fingerprint density at radius 3 is 2.77 bits per heavy atom. The molecule has 1 aromatic rings. The van der Waals surface area contributed by atoms with Crippen LogP contribution in [0.25, 0.3) is 6.08 Å². The number of halogens is 1. The van der Waals surface area contributed by atoms with E-state index in [9.17, 15) is 9.18 Å². The number of amides is 1. The van der Waals surface area contributed by atoms with E-state index < -0.39 is 0 Å². The number of rotatable bonds is 6. The van der Waals surface area contributed by atoms with Gasteiger partial charge in [0.15, 0.2) is 0 Å². The third-order valence-corrected chi connectivity index (χ3v) is 5.62. The number of hydrogen-bond donors (Lipinski definition) is 1. The molecule has 4 nitrogen and oxygen atoms in total. The zero-order valence-electron chi connectivity index (χ0n) is 15.4. The van der Waals surface area contributed by atoms with Crippen LogP contribution in [0.3, 0.4) is 0 Å². The summed E-state index contributed by atoms with van der Waals surface area (Å²) in [6.07, 6.45) is 8.78. The summed E-state index contributed by atoms with van der Waals surface area (Å²) >= 11 is 0. The molecular formula is C21H29FN2O2. The third kappa shape index (κ3) is 4.92. The second-order valence-corrected chi connectivity index (χ2v) is 7.69. The fourth-order valence-electron chi connectivity index (χ4n) is 4.28. The molecule has 3 rings (SSSR count). The van der Waals surface area contributed by atoms with Gasteiger partial charge in [0, 0.05) is 44.6 Å². The van der Waals surface area contributed by atoms with Crippen molar-refractivity contribution in [1.29, 1.82) is 0 Å². The molecule has 2 saturated heterocycles. The van der Waals surface area contributed by atoms with Gasteiger partial charge in [0.05, 0.1) is 0 Å². The monoisotopic (exact) mass is 360 g/mol. The first-order chi connectivity index (χ1) is 12.6. The average Bonchev–Trinajstić information content (AvgIpc) is 2.65. The molecule has 1 amide bonds. The van der Waals surface area contributed by atoms with Crippen molar-refractivity contribution in [2.75, 3.05) is 39.3 Å². The van der Waals surface area contributed by atoms with E-state index in [1.807, 2.05) is 11.0 Å². The molecule has 0 radical (unpaired) electrons. The quantitative estimate of drug-likeness (QED) is 0.848. The van der Waals surface area contributed by atoms with Crippen LogP contribution in [-0.2, 0) is 4.79 Å². The number of nitrogens with zero attached hydrogens (tertiary/aromatic N) is 2. The van der Waals surface area contributed by atoms with E-state index in [0.717, 1.165) is 44.6 Å². The maximum Gasteiger partial charge on any atom is 0.222 e. The first-order valence-electron chi connectivity index (χ1n) is 9.63. The Morgan fingerprint density at radius 2 is 2.00 bits per heavy atom. The van der Waals surface area contributed by atoms with Gasteiger partial charge in [-0.25, -0.2) is 4.39 Å². The van der Waals surface area contributed by atoms with Gasteiger partial charge in [-0.1, -0.05) is 24.3 Å². The van der Waals surface area contributed by atoms with Crippen LogP contribution in [0.4, 0.5) is 4.39 Å². The molecule has 2 fully saturated rings. The molecule has 1 atom stereocenters. The van der Waals surface area contributed by atoms with Gasteiger partial charge in [-0.2, -0.15) is 0 Å². The van der Waals surface area contributed by atoms with Crippen molar-refractivity contribution in [3.8, 4) is 0 Å². The number of carbonyl (C=O) groups is 1. The predicted octanol–water partition coefficient (Wildman–Crippen LogP) is 2.93. The first-order valence-corrected chi connectivity index (χ1v) is 9.63. The molecule has 0 saturated carbocycles. The highest BCUT2D eigenvalue weighted by molar-refractivity contribution is 5.77. The van der Waals surface area contributed by atoms with Gasteiger partial charge in [0.1, 0.15) is 5.82 Å². The van der Waals surface area contributed by atoms with Gasteiger partial charge in [0.2, 0.25) is 5.91 Å². The second-order valence-electron chi connectivity index (χ2n) is 7.69. The molecule has 0 aromatic heterocycles. The van der Waals surface area contributed by atoms with E-state index in [0.29, 0.717) is 19.4 Å². The Kier molecular flexibility index (Phi) is 6.43. The zero-order chi connectivity index (χ0) is 18.4. The van der Waals surface area contributed by atoms with E-state index in [1.54, 1.807) is 12.1 Å². The number of aliphatic hydroxyl groups excluding tert-OH is 1. The van der Waals surface area contributed by atoms with Crippen LogP contribution in [0.1, 0.15) is 37.7 Å². The van der Waals surface area contributed by atoms with Crippen molar-refractivity contribution < 1.29 is 14.3 Å². The van der Waals surface area contributed by atoms with Crippen molar-refractivity contribution >= 4 is 12.0 Å². The highest BCUT2D eigenvalue weighted by Crippen LogP contribution is 2.38. The minimum Gasteiger partial charge on any atom is -0.396 e. The van der Waals surface area contributed by atoms with Crippen molar-refractivity contribution in [2.45, 2.75) is 32.1 Å². The lowest BCUT2D eigenvalue weighted by Gasteiger charge is -2.48. The van der Waals surface area contributed by atoms with Crippen molar-refractivity contribution in [3.05, 3.63) is 41.7 Å². The topological polar surface area (TPSA) is 43.8 Å². The lowest BCUT2D eigenvalue weighted by Crippen LogP contribution is -2.54. The van der Waals surface area contributed by atoms with Crippen molar-refractivity contribution in [2.24, 2.45) is 5.41 Å². The lowest BCUT2D eigenvalue weighted by molar-refractivity contribution is -0.139. The smallest absolute Gasteiger partial charge is 0.222 e. The van der Waals surface area contributed by atoms with Crippen LogP contribution >= 0.6 is 0 Å². The number of aliphatic hydroxyl groups is 1. The van der Waals surface area contributed by atoms with E-state index in [-0.39, 0.29) is 23.7 Å². The summed E-state index contributed by atoms with van der Waals surface area (Å²) in [4.78, 5) is 16.6. The van der Waals surface area contributed by atoms with E-state index in [1.165, 1.54) is 18.6 Å². The van der Waals surface area contributed by atoms with Crippen LogP contribution < -0.4 is 0 Å². The van der Waals surface area contributed by atoms with Gasteiger partial charge in [-0.15, -0.1) is 0 Å². The summed E-state index contributed by atoms with van der Waals surface area (Å²) in [5, 5.41) is 9.06. The Labute approximate surface area is 155 Å². The minimum atomic E-state index is -0.210. The van der Waals surface area contributed by atoms with Crippen LogP contribution in [0.15, 0.2) is 30.3 Å². The number of carbonyl (C=O) groups excluding carboxylic acids is 1. The second kappa shape index (κ2) is 8.78. The van der Waals surface area contributed by atoms with Crippen molar-refractivity contribution in [1.82, 2.24) is 9.80 Å². The Balaban J connectivity index is 1.56. The largest absolute Gasteiger partial charge is 0.396 e. The average molecular weight is 360 g/mol. The fourth-order valence-corrected chi connectivity index (χ4v) is 4.28. The van der Waals surface area contributed by atoms with E-state index >= 15 is 0 Å². The number of benzene rings is 1. The standard InChI is InChI=1S/C21H29FN2O2/c22-19-7-5-18(6-8-19)4-1-12-23-13-2-10-21(16-23)11-9-20(26)24(17-21)14-3-15-25/h1,4-8,25H,2-3,9-17H2/b4-1+. The summed E-state index contributed by atoms with van der Waals surface area (Å²) in [5.74, 6) is 0.0233. The molecule has 2 aliphatic heterocycles. The highest BCUT2D eigenvalue weighted by atomic mass is 19.1. The van der Waals surface area contributed by atoms with Crippen molar-refractivity contribution in [3.63, 3.8) is 0 Å². The highest BCUT2D eigenvalue weighted by Gasteiger charge is 2.41. The molecule has 142 valence electrons. The number of piperidine rings is 2. The zero-order valence-corrected chi connectivity index (χ0v) is 15.4. The maximum absolute atomic E-state index is 13.0. The number of likely N-dealkylation sites (tertiary alicyclic amines) is 2. The Bertz CT molecular complexity index is 631. The number of hydrogen-bond acceptors (Lipinski definition) is 3. The summed E-state index contributed by atoms with van der Waals surface area (Å²) in [7, 11) is 0. The maximum atomic E-state index is 13.0. The fraction of sp³-hybridized carbons (Fsp3) is 0.571. The summed E-state index contributed by atoms with van der Waals surface area (Å²) < 4.78 is 13.0. The SMILES string of the molecule is O=C1CCC2(CCCN(C/C=C/c3ccc(F)cc3)C2)CN1CCCO. The molecule has 1 aromatic carbocycles. The molecule has 26 heavy (non-hydrogen) atoms. The first kappa shape index (κ1) is 19.1. The van der Waals surface area contributed by atoms with Gasteiger partial charge < -0.3 is 10.0 Å². The lowest BCUT2D eigenvalue weighted by atomic mass is 9.73. The van der Waals surface area contributed by atoms with Crippen LogP contribution in [0.2, 0.25) is 0 Å². The van der Waals surface area contributed by atoms with Crippen LogP contribution in [0, 0.1) is 11.2 Å². The van der Waals surface area contributed by atoms with Crippen LogP contribution in [-0.4, -0.2) is 60.1 Å². The molecule has 1 N–H and O–H groups in total. The normalized spacial score (nSPS) is 24.7. The predicted molar refractivity (Wildman–Crippen MR) is 101 cm³/mol. The van der Waals surface area contributed by atoms with Gasteiger partial charge >= 0.3 is 0 Å². The Hall–Kier alpha value is -1.72. The molecule has 1 spiro atoms. The summed E-state index contributed by atoms with van der Waals surface area (Å²) in [5.41, 5.74) is 1.21. The molecule has 1 unspecified atom stereocenters. The summed E-state index contributed by atoms with van der Waals surface area (Å²) in [6.45, 7) is 4.61. The van der Waals surface area contributed by atoms with Crippen LogP contribution in [0.5, 0.6) is 0 Å².